The number of carboxylic acids is 1. The van der Waals surface area contributed by atoms with Crippen LogP contribution in [0.1, 0.15) is 126 Å². The van der Waals surface area contributed by atoms with Gasteiger partial charge in [-0.3, -0.25) is 67.1 Å². The first-order valence-corrected chi connectivity index (χ1v) is 33.8. The summed E-state index contributed by atoms with van der Waals surface area (Å²) in [7, 11) is 0. The van der Waals surface area contributed by atoms with Crippen LogP contribution in [0, 0.1) is 0 Å². The quantitative estimate of drug-likeness (QED) is 0.0189. The molecule has 2 aromatic heterocycles. The molecule has 2 aromatic carbocycles. The number of nitrogens with one attached hydrogen (secondary N) is 16. The molecule has 102 heavy (non-hydrogen) atoms. The summed E-state index contributed by atoms with van der Waals surface area (Å²) in [5.74, 6) is -12.5. The van der Waals surface area contributed by atoms with Crippen LogP contribution >= 0.6 is 0 Å². The van der Waals surface area contributed by atoms with Crippen molar-refractivity contribution < 1.29 is 77.0 Å². The van der Waals surface area contributed by atoms with Crippen molar-refractivity contribution in [3.8, 4) is 0 Å². The molecule has 0 aliphatic rings. The lowest BCUT2D eigenvalue weighted by Crippen LogP contribution is -2.59. The van der Waals surface area contributed by atoms with Gasteiger partial charge in [0.25, 0.3) is 0 Å². The molecule has 14 amide bonds. The van der Waals surface area contributed by atoms with E-state index in [0.29, 0.717) is 67.2 Å². The predicted molar refractivity (Wildman–Crippen MR) is 375 cm³/mol. The summed E-state index contributed by atoms with van der Waals surface area (Å²) >= 11 is 0. The molecule has 4 rings (SSSR count). The molecule has 0 spiro atoms. The van der Waals surface area contributed by atoms with Crippen molar-refractivity contribution in [3.63, 3.8) is 0 Å². The molecule has 0 aliphatic carbocycles. The van der Waals surface area contributed by atoms with E-state index in [4.69, 9.17) is 17.2 Å². The number of hydrogen-bond donors (Lipinski definition) is 20. The number of fused-ring (bicyclic) bond motifs is 2. The van der Waals surface area contributed by atoms with Crippen molar-refractivity contribution in [3.05, 3.63) is 72.1 Å². The second-order valence-corrected chi connectivity index (χ2v) is 25.4. The number of carboxylic acid groups (broad SMARTS) is 1. The monoisotopic (exact) mass is 1430 g/mol. The first-order valence-electron chi connectivity index (χ1n) is 33.8. The number of H-pyrrole nitrogens is 2. The van der Waals surface area contributed by atoms with E-state index in [1.54, 1.807) is 60.9 Å². The van der Waals surface area contributed by atoms with Crippen molar-refractivity contribution in [1.29, 1.82) is 0 Å². The minimum absolute atomic E-state index is 0.105. The molecule has 560 valence electrons. The summed E-state index contributed by atoms with van der Waals surface area (Å²) < 4.78 is 0. The normalized spacial score (nSPS) is 15.6. The maximum Gasteiger partial charge on any atom is 0.326 e. The average molecular weight is 1430 g/mol. The summed E-state index contributed by atoms with van der Waals surface area (Å²) in [5.41, 5.74) is 19.6. The fourth-order valence-corrected chi connectivity index (χ4v) is 10.1. The summed E-state index contributed by atoms with van der Waals surface area (Å²) in [6, 6.07) is -4.45. The molecule has 23 N–H and O–H groups in total. The molecule has 35 heteroatoms. The van der Waals surface area contributed by atoms with Gasteiger partial charge in [-0.1, -0.05) is 42.8 Å². The van der Waals surface area contributed by atoms with Crippen molar-refractivity contribution in [2.45, 2.75) is 218 Å². The lowest BCUT2D eigenvalue weighted by Gasteiger charge is -2.25. The standard InChI is InChI=1S/C67H101N19O16/c1-32(53(87)73-34(3)55(89)78-40(9)61(95)84-50(67(101)102)25-17-19-27-69)76-59(93)38(7)82-65(99)51(28-43-30-71-48-23-14-12-20-45(43)48)85-62(96)41(10)79-56(90)35(4)74-54(88)33(2)77-60(94)39(8)83-66(100)52(29-44-31-72-49-24-15-13-21-46(44)49)86-63(97)42(11)80-57(91)36(5)75-58(92)37(6)81-64(98)47(70)22-16-18-26-68/h12-15,20-21,23-24,30-42,47,50-52,71-72H,16-19,22,25-29,68-70H2,1-11H3,(H,73,87)(H,74,88)(H,75,92)(H,76,93)(H,77,94)(H,78,89)(H,79,90)(H,80,91)(H,81,98)(H,82,99)(H,83,100)(H,84,95)(H,85,96)(H,86,97)(H,101,102)/t32-,33-,34-,35-,36-,37-,38-,39-,40-,41-,42-,47-,50-,51-,52-/m0/s1. The van der Waals surface area contributed by atoms with Crippen molar-refractivity contribution >= 4 is 110 Å². The van der Waals surface area contributed by atoms with Gasteiger partial charge in [-0.15, -0.1) is 0 Å². The Balaban J connectivity index is 1.33. The van der Waals surface area contributed by atoms with Crippen LogP contribution in [0.3, 0.4) is 0 Å². The molecule has 0 bridgehead atoms. The number of unbranched alkanes of at least 4 members (excludes halogenated alkanes) is 2. The molecule has 2 heterocycles. The zero-order valence-corrected chi connectivity index (χ0v) is 59.3. The van der Waals surface area contributed by atoms with E-state index in [9.17, 15) is 77.0 Å². The fourth-order valence-electron chi connectivity index (χ4n) is 10.1. The van der Waals surface area contributed by atoms with Gasteiger partial charge in [0.2, 0.25) is 82.7 Å². The number of benzene rings is 2. The summed E-state index contributed by atoms with van der Waals surface area (Å²) in [6.45, 7) is 15.4. The van der Waals surface area contributed by atoms with Crippen LogP contribution in [0.4, 0.5) is 0 Å². The van der Waals surface area contributed by atoms with Gasteiger partial charge in [0.15, 0.2) is 0 Å². The van der Waals surface area contributed by atoms with Gasteiger partial charge in [0.05, 0.1) is 6.04 Å². The van der Waals surface area contributed by atoms with Crippen LogP contribution in [-0.2, 0) is 84.8 Å². The van der Waals surface area contributed by atoms with Crippen LogP contribution in [0.5, 0.6) is 0 Å². The van der Waals surface area contributed by atoms with Crippen LogP contribution in [-0.4, -0.2) is 207 Å². The topological polar surface area (TPSA) is 554 Å². The van der Waals surface area contributed by atoms with Gasteiger partial charge in [-0.2, -0.15) is 0 Å². The minimum Gasteiger partial charge on any atom is -0.480 e. The van der Waals surface area contributed by atoms with Crippen LogP contribution < -0.4 is 91.6 Å². The third-order valence-corrected chi connectivity index (χ3v) is 16.6. The molecular formula is C67H101N19O16. The Morgan fingerprint density at radius 1 is 0.324 bits per heavy atom. The molecule has 35 nitrogen and oxygen atoms in total. The number of para-hydroxylation sites is 2. The highest BCUT2D eigenvalue weighted by atomic mass is 16.4. The van der Waals surface area contributed by atoms with Gasteiger partial charge in [-0.05, 0) is 145 Å². The maximum atomic E-state index is 14.1. The van der Waals surface area contributed by atoms with Gasteiger partial charge in [0.1, 0.15) is 84.6 Å². The fraction of sp³-hybridized carbons (Fsp3) is 0.537. The van der Waals surface area contributed by atoms with E-state index in [-0.39, 0.29) is 19.3 Å². The first kappa shape index (κ1) is 83.9. The Labute approximate surface area is 590 Å². The summed E-state index contributed by atoms with van der Waals surface area (Å²) in [5, 5.41) is 45.9. The second kappa shape index (κ2) is 40.6. The van der Waals surface area contributed by atoms with Crippen LogP contribution in [0.25, 0.3) is 21.8 Å². The van der Waals surface area contributed by atoms with E-state index < -0.39 is 179 Å². The van der Waals surface area contributed by atoms with Crippen molar-refractivity contribution in [2.75, 3.05) is 13.1 Å². The Morgan fingerprint density at radius 2 is 0.559 bits per heavy atom. The highest BCUT2D eigenvalue weighted by molar-refractivity contribution is 6.00. The largest absolute Gasteiger partial charge is 0.480 e. The van der Waals surface area contributed by atoms with Crippen LogP contribution in [0.15, 0.2) is 60.9 Å². The lowest BCUT2D eigenvalue weighted by molar-refractivity contribution is -0.142. The molecule has 4 aromatic rings. The first-order chi connectivity index (χ1) is 48.1. The number of nitrogens with two attached hydrogens (primary N) is 3. The third kappa shape index (κ3) is 26.2. The smallest absolute Gasteiger partial charge is 0.326 e. The van der Waals surface area contributed by atoms with E-state index in [1.807, 2.05) is 0 Å². The van der Waals surface area contributed by atoms with E-state index in [2.05, 4.69) is 84.4 Å². The Kier molecular flexibility index (Phi) is 33.4. The third-order valence-electron chi connectivity index (χ3n) is 16.6. The Bertz CT molecular complexity index is 3640. The number of aliphatic carboxylic acids is 1. The SMILES string of the molecule is C[C@H](NC(=O)[C@H](C)NC(=O)[C@H](C)NC(=O)[C@H](Cc1c[nH]c2ccccc12)NC(=O)[C@H](C)NC(=O)[C@H](C)NC(=O)[C@H](C)NC(=O)[C@H](C)NC(=O)[C@H](Cc1c[nH]c2ccccc12)NC(=O)[C@H](C)NC(=O)[C@H](C)NC(=O)[C@H](C)NC(=O)[C@@H](N)CCCCN)C(=O)N[C@@H](C)C(=O)N[C@@H](CCCCN)C(=O)O. The molecule has 0 aliphatic heterocycles. The summed E-state index contributed by atoms with van der Waals surface area (Å²) in [4.78, 5) is 205. The Hall–Kier alpha value is -10.5. The number of hydrogen-bond acceptors (Lipinski definition) is 18. The zero-order chi connectivity index (χ0) is 76.2. The van der Waals surface area contributed by atoms with Gasteiger partial charge in [0, 0.05) is 47.0 Å². The molecule has 15 atom stereocenters. The van der Waals surface area contributed by atoms with Crippen LogP contribution in [0.2, 0.25) is 0 Å². The van der Waals surface area contributed by atoms with E-state index in [1.165, 1.54) is 76.2 Å². The number of aromatic nitrogens is 2. The van der Waals surface area contributed by atoms with Gasteiger partial charge in [-0.25, -0.2) is 4.79 Å². The molecule has 0 radical (unpaired) electrons. The average Bonchev–Trinajstić information content (AvgIpc) is 1.66. The zero-order valence-electron chi connectivity index (χ0n) is 59.3. The number of carbonyl (C=O) groups is 15. The molecule has 0 saturated carbocycles. The predicted octanol–water partition coefficient (Wildman–Crippen LogP) is -3.89. The minimum atomic E-state index is -1.39. The Morgan fingerprint density at radius 3 is 0.833 bits per heavy atom. The number of carbonyl (C=O) groups excluding carboxylic acids is 14. The van der Waals surface area contributed by atoms with Gasteiger partial charge < -0.3 is 107 Å². The molecule has 0 fully saturated rings. The summed E-state index contributed by atoms with van der Waals surface area (Å²) in [6.07, 6.45) is 5.79. The maximum absolute atomic E-state index is 14.1. The number of rotatable bonds is 41. The molecule has 0 saturated heterocycles. The second-order valence-electron chi connectivity index (χ2n) is 25.4. The highest BCUT2D eigenvalue weighted by Crippen LogP contribution is 2.21. The van der Waals surface area contributed by atoms with Crippen molar-refractivity contribution in [2.24, 2.45) is 17.2 Å². The van der Waals surface area contributed by atoms with E-state index >= 15 is 0 Å². The number of amides is 14. The highest BCUT2D eigenvalue weighted by Gasteiger charge is 2.34. The number of aromatic amines is 2. The lowest BCUT2D eigenvalue weighted by atomic mass is 10.0. The molecular weight excluding hydrogens is 1330 g/mol. The molecule has 0 unspecified atom stereocenters. The van der Waals surface area contributed by atoms with Gasteiger partial charge >= 0.3 is 5.97 Å². The van der Waals surface area contributed by atoms with Crippen molar-refractivity contribution in [1.82, 2.24) is 84.4 Å². The van der Waals surface area contributed by atoms with E-state index in [0.717, 1.165) is 10.9 Å².